The van der Waals surface area contributed by atoms with Gasteiger partial charge in [0.25, 0.3) is 0 Å². The molecule has 1 atom stereocenters. The van der Waals surface area contributed by atoms with Gasteiger partial charge >= 0.3 is 11.9 Å². The molecule has 6 nitrogen and oxygen atoms in total. The van der Waals surface area contributed by atoms with Crippen molar-refractivity contribution in [2.24, 2.45) is 0 Å². The third-order valence-electron chi connectivity index (χ3n) is 1.18. The molecule has 0 aromatic rings. The van der Waals surface area contributed by atoms with E-state index in [2.05, 4.69) is 6.58 Å². The summed E-state index contributed by atoms with van der Waals surface area (Å²) in [5.74, 6) is -3.40. The van der Waals surface area contributed by atoms with Crippen LogP contribution in [0.4, 0.5) is 0 Å². The molecule has 1 amide bonds. The van der Waals surface area contributed by atoms with Crippen LogP contribution in [0.1, 0.15) is 6.42 Å². The predicted octanol–water partition coefficient (Wildman–Crippen LogP) is -0.783. The van der Waals surface area contributed by atoms with Gasteiger partial charge in [0.15, 0.2) is 0 Å². The Morgan fingerprint density at radius 2 is 1.92 bits per heavy atom. The van der Waals surface area contributed by atoms with Gasteiger partial charge in [0.2, 0.25) is 5.91 Å². The van der Waals surface area contributed by atoms with E-state index in [-0.39, 0.29) is 0 Å². The van der Waals surface area contributed by atoms with Crippen LogP contribution in [0.25, 0.3) is 0 Å². The number of hydrogen-bond acceptors (Lipinski definition) is 3. The van der Waals surface area contributed by atoms with E-state index in [9.17, 15) is 14.4 Å². The Balaban J connectivity index is 4.26. The molecule has 0 aliphatic carbocycles. The molecule has 13 heavy (non-hydrogen) atoms. The van der Waals surface area contributed by atoms with Gasteiger partial charge in [-0.05, 0) is 6.08 Å². The molecule has 0 bridgehead atoms. The topological polar surface area (TPSA) is 104 Å². The Kier molecular flexibility index (Phi) is 4.21. The number of carbonyl (C=O) groups excluding carboxylic acids is 1. The summed E-state index contributed by atoms with van der Waals surface area (Å²) in [5, 5.41) is 18.7. The highest BCUT2D eigenvalue weighted by Crippen LogP contribution is 1.92. The monoisotopic (exact) mass is 187 g/mol. The first kappa shape index (κ1) is 11.2. The Bertz CT molecular complexity index is 247. The van der Waals surface area contributed by atoms with Crippen LogP contribution in [0.2, 0.25) is 0 Å². The molecule has 72 valence electrons. The highest BCUT2D eigenvalue weighted by Gasteiger charge is 2.21. The molecular weight excluding hydrogens is 178 g/mol. The Labute approximate surface area is 73.9 Å². The summed E-state index contributed by atoms with van der Waals surface area (Å²) in [4.78, 5) is 31.1. The fourth-order valence-corrected chi connectivity index (χ4v) is 0.605. The molecule has 0 spiro atoms. The number of hydrogen-bond donors (Lipinski definition) is 3. The Morgan fingerprint density at radius 1 is 1.38 bits per heavy atom. The lowest BCUT2D eigenvalue weighted by molar-refractivity contribution is -0.146. The SMILES string of the molecule is C=CC(=O)NC(CC(=O)O)C(=O)O. The van der Waals surface area contributed by atoms with Gasteiger partial charge < -0.3 is 15.5 Å². The fourth-order valence-electron chi connectivity index (χ4n) is 0.605. The van der Waals surface area contributed by atoms with Gasteiger partial charge in [-0.1, -0.05) is 6.58 Å². The van der Waals surface area contributed by atoms with Gasteiger partial charge in [0.1, 0.15) is 6.04 Å². The molecule has 0 aromatic carbocycles. The fraction of sp³-hybridized carbons (Fsp3) is 0.286. The zero-order valence-electron chi connectivity index (χ0n) is 6.69. The summed E-state index contributed by atoms with van der Waals surface area (Å²) in [6.45, 7) is 3.10. The van der Waals surface area contributed by atoms with Gasteiger partial charge in [0, 0.05) is 0 Å². The van der Waals surface area contributed by atoms with Gasteiger partial charge in [0.05, 0.1) is 6.42 Å². The number of amides is 1. The van der Waals surface area contributed by atoms with Crippen LogP contribution in [-0.4, -0.2) is 34.1 Å². The van der Waals surface area contributed by atoms with Crippen molar-refractivity contribution < 1.29 is 24.6 Å². The predicted molar refractivity (Wildman–Crippen MR) is 42.0 cm³/mol. The molecule has 0 aliphatic rings. The number of rotatable bonds is 5. The van der Waals surface area contributed by atoms with Crippen molar-refractivity contribution in [1.82, 2.24) is 5.32 Å². The minimum absolute atomic E-state index is 0.658. The van der Waals surface area contributed by atoms with Crippen LogP contribution in [0.15, 0.2) is 12.7 Å². The van der Waals surface area contributed by atoms with E-state index in [1.807, 2.05) is 5.32 Å². The van der Waals surface area contributed by atoms with Crippen LogP contribution in [0, 0.1) is 0 Å². The number of carboxylic acids is 2. The second-order valence-corrected chi connectivity index (χ2v) is 2.20. The van der Waals surface area contributed by atoms with Crippen LogP contribution >= 0.6 is 0 Å². The van der Waals surface area contributed by atoms with Crippen LogP contribution < -0.4 is 5.32 Å². The van der Waals surface area contributed by atoms with Crippen LogP contribution in [0.3, 0.4) is 0 Å². The van der Waals surface area contributed by atoms with Crippen LogP contribution in [-0.2, 0) is 14.4 Å². The average Bonchev–Trinajstić information content (AvgIpc) is 2.02. The largest absolute Gasteiger partial charge is 0.481 e. The maximum atomic E-state index is 10.6. The van der Waals surface area contributed by atoms with Gasteiger partial charge in [-0.25, -0.2) is 4.79 Å². The number of carbonyl (C=O) groups is 3. The molecular formula is C7H9NO5. The third kappa shape index (κ3) is 4.57. The minimum Gasteiger partial charge on any atom is -0.481 e. The van der Waals surface area contributed by atoms with Crippen molar-refractivity contribution >= 4 is 17.8 Å². The standard InChI is InChI=1S/C7H9NO5/c1-2-5(9)8-4(7(12)13)3-6(10)11/h2,4H,1,3H2,(H,8,9)(H,10,11)(H,12,13). The highest BCUT2D eigenvalue weighted by molar-refractivity contribution is 5.92. The molecule has 0 heterocycles. The van der Waals surface area contributed by atoms with Crippen molar-refractivity contribution in [3.63, 3.8) is 0 Å². The van der Waals surface area contributed by atoms with Crippen LogP contribution in [0.5, 0.6) is 0 Å². The molecule has 0 saturated heterocycles. The van der Waals surface area contributed by atoms with E-state index in [0.717, 1.165) is 6.08 Å². The highest BCUT2D eigenvalue weighted by atomic mass is 16.4. The summed E-state index contributed by atoms with van der Waals surface area (Å²) >= 11 is 0. The van der Waals surface area contributed by atoms with Gasteiger partial charge in [-0.15, -0.1) is 0 Å². The summed E-state index contributed by atoms with van der Waals surface area (Å²) in [7, 11) is 0. The van der Waals surface area contributed by atoms with Gasteiger partial charge in [-0.3, -0.25) is 9.59 Å². The molecule has 0 rings (SSSR count). The van der Waals surface area contributed by atoms with Crippen molar-refractivity contribution in [2.45, 2.75) is 12.5 Å². The van der Waals surface area contributed by atoms with Crippen molar-refractivity contribution in [1.29, 1.82) is 0 Å². The molecule has 3 N–H and O–H groups in total. The lowest BCUT2D eigenvalue weighted by Crippen LogP contribution is -2.41. The summed E-state index contributed by atoms with van der Waals surface area (Å²) in [6, 6.07) is -1.41. The molecule has 6 heteroatoms. The Morgan fingerprint density at radius 3 is 2.23 bits per heavy atom. The first-order valence-corrected chi connectivity index (χ1v) is 3.35. The molecule has 1 unspecified atom stereocenters. The molecule has 0 fully saturated rings. The molecule has 0 radical (unpaired) electrons. The maximum absolute atomic E-state index is 10.6. The summed E-state index contributed by atoms with van der Waals surface area (Å²) in [6.07, 6.45) is 0.215. The zero-order chi connectivity index (χ0) is 10.4. The normalized spacial score (nSPS) is 11.4. The number of nitrogens with one attached hydrogen (secondary N) is 1. The van der Waals surface area contributed by atoms with E-state index in [1.54, 1.807) is 0 Å². The van der Waals surface area contributed by atoms with Crippen molar-refractivity contribution in [3.8, 4) is 0 Å². The van der Waals surface area contributed by atoms with E-state index in [0.29, 0.717) is 0 Å². The van der Waals surface area contributed by atoms with Gasteiger partial charge in [-0.2, -0.15) is 0 Å². The Hall–Kier alpha value is -1.85. The smallest absolute Gasteiger partial charge is 0.326 e. The number of carboxylic acid groups (broad SMARTS) is 2. The summed E-state index contributed by atoms with van der Waals surface area (Å²) < 4.78 is 0. The molecule has 0 aromatic heterocycles. The van der Waals surface area contributed by atoms with E-state index in [4.69, 9.17) is 10.2 Å². The lowest BCUT2D eigenvalue weighted by Gasteiger charge is -2.09. The van der Waals surface area contributed by atoms with E-state index < -0.39 is 30.3 Å². The maximum Gasteiger partial charge on any atom is 0.326 e. The quantitative estimate of drug-likeness (QED) is 0.489. The third-order valence-corrected chi connectivity index (χ3v) is 1.18. The molecule has 0 saturated carbocycles. The van der Waals surface area contributed by atoms with Crippen molar-refractivity contribution in [2.75, 3.05) is 0 Å². The summed E-state index contributed by atoms with van der Waals surface area (Å²) in [5.41, 5.74) is 0. The second-order valence-electron chi connectivity index (χ2n) is 2.20. The van der Waals surface area contributed by atoms with Crippen molar-refractivity contribution in [3.05, 3.63) is 12.7 Å². The minimum atomic E-state index is -1.41. The number of aliphatic carboxylic acids is 2. The molecule has 0 aliphatic heterocycles. The first-order chi connectivity index (χ1) is 5.97. The van der Waals surface area contributed by atoms with E-state index >= 15 is 0 Å². The second kappa shape index (κ2) is 4.91. The zero-order valence-corrected chi connectivity index (χ0v) is 6.69. The first-order valence-electron chi connectivity index (χ1n) is 3.35. The average molecular weight is 187 g/mol. The lowest BCUT2D eigenvalue weighted by atomic mass is 10.2. The van der Waals surface area contributed by atoms with E-state index in [1.165, 1.54) is 0 Å².